The lowest BCUT2D eigenvalue weighted by Gasteiger charge is -2.09. The molecule has 0 aliphatic heterocycles. The molecular formula is C16H25N3O3. The third-order valence-corrected chi connectivity index (χ3v) is 3.22. The summed E-state index contributed by atoms with van der Waals surface area (Å²) in [6, 6.07) is 7.11. The number of rotatable bonds is 10. The zero-order valence-electron chi connectivity index (χ0n) is 13.0. The van der Waals surface area contributed by atoms with Crippen molar-refractivity contribution in [1.82, 2.24) is 5.32 Å². The molecule has 0 aliphatic rings. The maximum atomic E-state index is 11.6. The molecule has 6 heteroatoms. The topological polar surface area (TPSA) is 107 Å². The predicted octanol–water partition coefficient (Wildman–Crippen LogP) is 0.863. The summed E-state index contributed by atoms with van der Waals surface area (Å²) < 4.78 is 5.51. The minimum Gasteiger partial charge on any atom is -0.493 e. The monoisotopic (exact) mass is 307 g/mol. The van der Waals surface area contributed by atoms with E-state index in [9.17, 15) is 9.59 Å². The smallest absolute Gasteiger partial charge is 0.234 e. The Kier molecular flexibility index (Phi) is 7.99. The molecule has 0 heterocycles. The van der Waals surface area contributed by atoms with E-state index in [1.54, 1.807) is 0 Å². The van der Waals surface area contributed by atoms with Gasteiger partial charge in [0, 0.05) is 6.54 Å². The van der Waals surface area contributed by atoms with E-state index in [2.05, 4.69) is 5.32 Å². The van der Waals surface area contributed by atoms with Crippen molar-refractivity contribution >= 4 is 11.8 Å². The van der Waals surface area contributed by atoms with Gasteiger partial charge in [-0.1, -0.05) is 12.1 Å². The molecule has 0 bridgehead atoms. The number of ether oxygens (including phenoxy) is 1. The molecule has 0 saturated carbocycles. The van der Waals surface area contributed by atoms with E-state index in [0.717, 1.165) is 24.2 Å². The number of carbonyl (C=O) groups is 2. The Morgan fingerprint density at radius 1 is 1.32 bits per heavy atom. The molecule has 0 spiro atoms. The van der Waals surface area contributed by atoms with Crippen molar-refractivity contribution in [3.63, 3.8) is 0 Å². The van der Waals surface area contributed by atoms with Gasteiger partial charge in [-0.3, -0.25) is 9.59 Å². The van der Waals surface area contributed by atoms with Crippen molar-refractivity contribution in [3.05, 3.63) is 29.8 Å². The molecule has 0 unspecified atom stereocenters. The molecule has 0 aliphatic carbocycles. The first-order chi connectivity index (χ1) is 10.5. The molecule has 6 nitrogen and oxygen atoms in total. The Hall–Kier alpha value is -2.08. The number of aryl methyl sites for hydroxylation is 1. The van der Waals surface area contributed by atoms with Crippen LogP contribution in [0.5, 0.6) is 5.75 Å². The van der Waals surface area contributed by atoms with Crippen LogP contribution >= 0.6 is 0 Å². The number of hydrogen-bond donors (Lipinski definition) is 3. The summed E-state index contributed by atoms with van der Waals surface area (Å²) in [5, 5.41) is 2.81. The van der Waals surface area contributed by atoms with E-state index in [1.807, 2.05) is 31.2 Å². The Balaban J connectivity index is 2.05. The molecule has 0 radical (unpaired) electrons. The number of hydrogen-bond acceptors (Lipinski definition) is 4. The minimum atomic E-state index is -0.599. The second-order valence-corrected chi connectivity index (χ2v) is 5.27. The van der Waals surface area contributed by atoms with Crippen LogP contribution in [0, 0.1) is 6.92 Å². The lowest BCUT2D eigenvalue weighted by atomic mass is 10.1. The molecule has 2 amide bonds. The zero-order valence-corrected chi connectivity index (χ0v) is 13.0. The van der Waals surface area contributed by atoms with Crippen LogP contribution in [0.1, 0.15) is 31.2 Å². The van der Waals surface area contributed by atoms with Gasteiger partial charge in [-0.05, 0) is 43.9 Å². The summed E-state index contributed by atoms with van der Waals surface area (Å²) in [5.41, 5.74) is 11.7. The van der Waals surface area contributed by atoms with Gasteiger partial charge < -0.3 is 21.5 Å². The van der Waals surface area contributed by atoms with Gasteiger partial charge in [-0.2, -0.15) is 0 Å². The molecule has 1 aromatic rings. The zero-order chi connectivity index (χ0) is 16.4. The molecule has 0 fully saturated rings. The maximum Gasteiger partial charge on any atom is 0.234 e. The first-order valence-electron chi connectivity index (χ1n) is 7.50. The number of nitrogens with one attached hydrogen (secondary N) is 1. The summed E-state index contributed by atoms with van der Waals surface area (Å²) >= 11 is 0. The largest absolute Gasteiger partial charge is 0.493 e. The van der Waals surface area contributed by atoms with E-state index in [-0.39, 0.29) is 5.91 Å². The van der Waals surface area contributed by atoms with Crippen molar-refractivity contribution in [1.29, 1.82) is 0 Å². The summed E-state index contributed by atoms with van der Waals surface area (Å²) in [7, 11) is 0. The van der Waals surface area contributed by atoms with Crippen LogP contribution in [-0.2, 0) is 9.59 Å². The summed E-state index contributed by atoms with van der Waals surface area (Å²) in [5.74, 6) is 0.234. The highest BCUT2D eigenvalue weighted by Crippen LogP contribution is 2.12. The normalized spacial score (nSPS) is 11.7. The summed E-state index contributed by atoms with van der Waals surface area (Å²) in [4.78, 5) is 22.4. The predicted molar refractivity (Wildman–Crippen MR) is 85.3 cm³/mol. The van der Waals surface area contributed by atoms with Gasteiger partial charge in [0.1, 0.15) is 5.75 Å². The second-order valence-electron chi connectivity index (χ2n) is 5.27. The minimum absolute atomic E-state index is 0.0492. The highest BCUT2D eigenvalue weighted by atomic mass is 16.5. The Labute approximate surface area is 131 Å². The molecule has 22 heavy (non-hydrogen) atoms. The van der Waals surface area contributed by atoms with Crippen LogP contribution in [0.25, 0.3) is 0 Å². The number of unbranched alkanes of at least 4 members (excludes halogenated alkanes) is 1. The van der Waals surface area contributed by atoms with E-state index in [4.69, 9.17) is 16.2 Å². The fourth-order valence-corrected chi connectivity index (χ4v) is 1.91. The molecular weight excluding hydrogens is 282 g/mol. The van der Waals surface area contributed by atoms with Gasteiger partial charge in [0.05, 0.1) is 19.1 Å². The Morgan fingerprint density at radius 2 is 2.09 bits per heavy atom. The maximum absolute atomic E-state index is 11.6. The van der Waals surface area contributed by atoms with Crippen molar-refractivity contribution in [2.24, 2.45) is 11.5 Å². The Morgan fingerprint density at radius 3 is 2.77 bits per heavy atom. The van der Waals surface area contributed by atoms with E-state index in [1.165, 1.54) is 0 Å². The molecule has 0 aromatic heterocycles. The van der Waals surface area contributed by atoms with Gasteiger partial charge in [-0.15, -0.1) is 0 Å². The van der Waals surface area contributed by atoms with E-state index < -0.39 is 11.9 Å². The number of primary amides is 1. The van der Waals surface area contributed by atoms with Crippen molar-refractivity contribution in [3.8, 4) is 5.75 Å². The number of carbonyl (C=O) groups excluding carboxylic acids is 2. The van der Waals surface area contributed by atoms with Crippen LogP contribution in [0.4, 0.5) is 0 Å². The molecule has 1 atom stereocenters. The van der Waals surface area contributed by atoms with Gasteiger partial charge in [0.2, 0.25) is 11.8 Å². The lowest BCUT2D eigenvalue weighted by molar-refractivity contribution is -0.122. The second kappa shape index (κ2) is 9.78. The average Bonchev–Trinajstić information content (AvgIpc) is 2.46. The van der Waals surface area contributed by atoms with E-state index >= 15 is 0 Å². The number of amides is 2. The number of nitrogens with two attached hydrogens (primary N) is 2. The fourth-order valence-electron chi connectivity index (χ4n) is 1.91. The Bertz CT molecular complexity index is 491. The highest BCUT2D eigenvalue weighted by Gasteiger charge is 2.08. The van der Waals surface area contributed by atoms with Crippen molar-refractivity contribution in [2.75, 3.05) is 13.2 Å². The van der Waals surface area contributed by atoms with Gasteiger partial charge >= 0.3 is 0 Å². The van der Waals surface area contributed by atoms with Crippen molar-refractivity contribution < 1.29 is 14.3 Å². The number of benzene rings is 1. The standard InChI is InChI=1S/C16H25N3O3/c1-12-5-4-6-13(11-12)22-10-8-15(20)19-9-3-2-7-14(17)16(18)21/h4-6,11,14H,2-3,7-10,17H2,1H3,(H2,18,21)(H,19,20)/t14-/m0/s1. The van der Waals surface area contributed by atoms with Crippen LogP contribution < -0.4 is 21.5 Å². The first-order valence-corrected chi connectivity index (χ1v) is 7.50. The van der Waals surface area contributed by atoms with Crippen LogP contribution in [0.3, 0.4) is 0 Å². The van der Waals surface area contributed by atoms with E-state index in [0.29, 0.717) is 26.0 Å². The highest BCUT2D eigenvalue weighted by molar-refractivity contribution is 5.79. The third-order valence-electron chi connectivity index (χ3n) is 3.22. The van der Waals surface area contributed by atoms with Gasteiger partial charge in [-0.25, -0.2) is 0 Å². The lowest BCUT2D eigenvalue weighted by Crippen LogP contribution is -2.36. The molecule has 122 valence electrons. The molecule has 5 N–H and O–H groups in total. The molecule has 1 rings (SSSR count). The van der Waals surface area contributed by atoms with Crippen LogP contribution in [-0.4, -0.2) is 31.0 Å². The van der Waals surface area contributed by atoms with Crippen LogP contribution in [0.15, 0.2) is 24.3 Å². The molecule has 1 aromatic carbocycles. The molecule has 0 saturated heterocycles. The van der Waals surface area contributed by atoms with Gasteiger partial charge in [0.15, 0.2) is 0 Å². The summed E-state index contributed by atoms with van der Waals surface area (Å²) in [6.07, 6.45) is 2.38. The van der Waals surface area contributed by atoms with Gasteiger partial charge in [0.25, 0.3) is 0 Å². The first kappa shape index (κ1) is 18.0. The average molecular weight is 307 g/mol. The SMILES string of the molecule is Cc1cccc(OCCC(=O)NCCCC[C@H](N)C(N)=O)c1. The quantitative estimate of drug-likeness (QED) is 0.557. The summed E-state index contributed by atoms with van der Waals surface area (Å²) in [6.45, 7) is 2.90. The fraction of sp³-hybridized carbons (Fsp3) is 0.500. The van der Waals surface area contributed by atoms with Crippen molar-refractivity contribution in [2.45, 2.75) is 38.6 Å². The van der Waals surface area contributed by atoms with Crippen LogP contribution in [0.2, 0.25) is 0 Å². The third kappa shape index (κ3) is 7.64.